The minimum absolute atomic E-state index is 0.656. The fraction of sp³-hybridized carbons (Fsp3) is 1.00. The smallest absolute Gasteiger partial charge is 0.0469 e. The van der Waals surface area contributed by atoms with Gasteiger partial charge in [-0.05, 0) is 38.5 Å². The highest BCUT2D eigenvalue weighted by molar-refractivity contribution is 4.90. The van der Waals surface area contributed by atoms with E-state index in [4.69, 9.17) is 4.74 Å². The van der Waals surface area contributed by atoms with Gasteiger partial charge < -0.3 is 10.1 Å². The van der Waals surface area contributed by atoms with Crippen LogP contribution >= 0.6 is 0 Å². The maximum absolute atomic E-state index is 5.49. The number of hydrogen-bond donors (Lipinski definition) is 1. The lowest BCUT2D eigenvalue weighted by Crippen LogP contribution is -2.60. The summed E-state index contributed by atoms with van der Waals surface area (Å²) in [6.45, 7) is 13.7. The van der Waals surface area contributed by atoms with Gasteiger partial charge in [-0.3, -0.25) is 4.90 Å². The largest absolute Gasteiger partial charge is 0.381 e. The van der Waals surface area contributed by atoms with E-state index in [1.54, 1.807) is 0 Å². The van der Waals surface area contributed by atoms with Crippen molar-refractivity contribution in [3.8, 4) is 0 Å². The lowest BCUT2D eigenvalue weighted by atomic mass is 9.89. The van der Waals surface area contributed by atoms with Gasteiger partial charge in [0.1, 0.15) is 0 Å². The van der Waals surface area contributed by atoms with E-state index in [0.717, 1.165) is 31.6 Å². The highest BCUT2D eigenvalue weighted by Gasteiger charge is 2.33. The van der Waals surface area contributed by atoms with Gasteiger partial charge in [-0.1, -0.05) is 13.8 Å². The van der Waals surface area contributed by atoms with Crippen LogP contribution in [-0.2, 0) is 4.74 Å². The molecular weight excluding hydrogens is 224 g/mol. The van der Waals surface area contributed by atoms with E-state index >= 15 is 0 Å². The number of rotatable bonds is 3. The Kier molecular flexibility index (Phi) is 5.05. The Hall–Kier alpha value is -0.120. The topological polar surface area (TPSA) is 24.5 Å². The molecule has 0 bridgehead atoms. The van der Waals surface area contributed by atoms with Crippen LogP contribution in [0.5, 0.6) is 0 Å². The second-order valence-corrected chi connectivity index (χ2v) is 6.49. The summed E-state index contributed by atoms with van der Waals surface area (Å²) in [5.74, 6) is 1.55. The molecular formula is C15H30N2O. The molecule has 3 nitrogen and oxygen atoms in total. The minimum atomic E-state index is 0.656. The zero-order chi connectivity index (χ0) is 13.1. The Morgan fingerprint density at radius 3 is 2.44 bits per heavy atom. The molecule has 0 saturated carbocycles. The summed E-state index contributed by atoms with van der Waals surface area (Å²) in [5, 5.41) is 3.69. The van der Waals surface area contributed by atoms with E-state index in [1.807, 2.05) is 0 Å². The number of ether oxygens (including phenoxy) is 1. The van der Waals surface area contributed by atoms with Gasteiger partial charge in [0.25, 0.3) is 0 Å². The van der Waals surface area contributed by atoms with Crippen molar-refractivity contribution in [2.75, 3.05) is 26.3 Å². The number of nitrogens with zero attached hydrogens (tertiary/aromatic N) is 1. The highest BCUT2D eigenvalue weighted by Crippen LogP contribution is 2.26. The van der Waals surface area contributed by atoms with E-state index < -0.39 is 0 Å². The molecule has 0 aromatic heterocycles. The summed E-state index contributed by atoms with van der Waals surface area (Å²) >= 11 is 0. The average Bonchev–Trinajstić information content (AvgIpc) is 2.39. The molecule has 0 aromatic rings. The second kappa shape index (κ2) is 6.36. The van der Waals surface area contributed by atoms with Crippen molar-refractivity contribution in [2.45, 2.75) is 58.7 Å². The monoisotopic (exact) mass is 254 g/mol. The van der Waals surface area contributed by atoms with Gasteiger partial charge in [-0.25, -0.2) is 0 Å². The maximum Gasteiger partial charge on any atom is 0.0469 e. The van der Waals surface area contributed by atoms with Gasteiger partial charge in [-0.2, -0.15) is 0 Å². The number of hydrogen-bond acceptors (Lipinski definition) is 3. The summed E-state index contributed by atoms with van der Waals surface area (Å²) in [4.78, 5) is 2.73. The number of piperazine rings is 1. The van der Waals surface area contributed by atoms with Crippen LogP contribution in [0, 0.1) is 11.8 Å². The average molecular weight is 254 g/mol. The van der Waals surface area contributed by atoms with E-state index in [2.05, 4.69) is 37.9 Å². The maximum atomic E-state index is 5.49. The predicted octanol–water partition coefficient (Wildman–Crippen LogP) is 2.12. The first-order valence-corrected chi connectivity index (χ1v) is 7.66. The summed E-state index contributed by atoms with van der Waals surface area (Å²) in [5.41, 5.74) is 0. The van der Waals surface area contributed by atoms with Crippen molar-refractivity contribution < 1.29 is 4.74 Å². The Balaban J connectivity index is 1.95. The molecule has 0 spiro atoms. The molecule has 106 valence electrons. The van der Waals surface area contributed by atoms with Gasteiger partial charge in [-0.15, -0.1) is 0 Å². The van der Waals surface area contributed by atoms with Crippen molar-refractivity contribution in [2.24, 2.45) is 11.8 Å². The minimum Gasteiger partial charge on any atom is -0.381 e. The fourth-order valence-corrected chi connectivity index (χ4v) is 3.39. The standard InChI is InChI=1S/C15H30N2O/c1-11(2)15-10-17(12(3)9-16-15)13(4)14-5-7-18-8-6-14/h11-16H,5-10H2,1-4H3. The molecule has 0 radical (unpaired) electrons. The zero-order valence-electron chi connectivity index (χ0n) is 12.5. The van der Waals surface area contributed by atoms with Gasteiger partial charge in [0, 0.05) is 44.4 Å². The third-order valence-electron chi connectivity index (χ3n) is 4.93. The second-order valence-electron chi connectivity index (χ2n) is 6.49. The van der Waals surface area contributed by atoms with Gasteiger partial charge in [0.2, 0.25) is 0 Å². The zero-order valence-corrected chi connectivity index (χ0v) is 12.5. The Morgan fingerprint density at radius 2 is 1.83 bits per heavy atom. The van der Waals surface area contributed by atoms with Gasteiger partial charge >= 0.3 is 0 Å². The summed E-state index contributed by atoms with van der Waals surface area (Å²) < 4.78 is 5.49. The van der Waals surface area contributed by atoms with Crippen molar-refractivity contribution in [1.29, 1.82) is 0 Å². The van der Waals surface area contributed by atoms with Crippen molar-refractivity contribution in [3.63, 3.8) is 0 Å². The third-order valence-corrected chi connectivity index (χ3v) is 4.93. The lowest BCUT2D eigenvalue weighted by Gasteiger charge is -2.46. The molecule has 0 aliphatic carbocycles. The third kappa shape index (κ3) is 3.25. The Bertz CT molecular complexity index is 251. The first-order valence-electron chi connectivity index (χ1n) is 7.66. The normalized spacial score (nSPS) is 33.8. The molecule has 2 aliphatic heterocycles. The molecule has 2 heterocycles. The molecule has 3 atom stereocenters. The van der Waals surface area contributed by atoms with E-state index in [-0.39, 0.29) is 0 Å². The SMILES string of the molecule is CC(C)C1CN(C(C)C2CCOCC2)C(C)CN1. The summed E-state index contributed by atoms with van der Waals surface area (Å²) in [7, 11) is 0. The van der Waals surface area contributed by atoms with Crippen LogP contribution in [0.3, 0.4) is 0 Å². The molecule has 0 amide bonds. The quantitative estimate of drug-likeness (QED) is 0.835. The van der Waals surface area contributed by atoms with Crippen molar-refractivity contribution in [3.05, 3.63) is 0 Å². The van der Waals surface area contributed by atoms with Crippen LogP contribution in [0.1, 0.15) is 40.5 Å². The van der Waals surface area contributed by atoms with Crippen molar-refractivity contribution in [1.82, 2.24) is 10.2 Å². The van der Waals surface area contributed by atoms with E-state index in [9.17, 15) is 0 Å². The van der Waals surface area contributed by atoms with Crippen LogP contribution in [0.15, 0.2) is 0 Å². The molecule has 3 unspecified atom stereocenters. The van der Waals surface area contributed by atoms with E-state index in [1.165, 1.54) is 19.4 Å². The van der Waals surface area contributed by atoms with Crippen LogP contribution in [0.25, 0.3) is 0 Å². The van der Waals surface area contributed by atoms with Gasteiger partial charge in [0.05, 0.1) is 0 Å². The Morgan fingerprint density at radius 1 is 1.17 bits per heavy atom. The molecule has 2 saturated heterocycles. The fourth-order valence-electron chi connectivity index (χ4n) is 3.39. The Labute approximate surface area is 112 Å². The van der Waals surface area contributed by atoms with Crippen LogP contribution in [0.4, 0.5) is 0 Å². The number of nitrogens with one attached hydrogen (secondary N) is 1. The molecule has 18 heavy (non-hydrogen) atoms. The van der Waals surface area contributed by atoms with E-state index in [0.29, 0.717) is 18.1 Å². The lowest BCUT2D eigenvalue weighted by molar-refractivity contribution is 0.00384. The predicted molar refractivity (Wildman–Crippen MR) is 75.8 cm³/mol. The molecule has 2 aliphatic rings. The van der Waals surface area contributed by atoms with Crippen molar-refractivity contribution >= 4 is 0 Å². The summed E-state index contributed by atoms with van der Waals surface area (Å²) in [6, 6.07) is 2.02. The van der Waals surface area contributed by atoms with Gasteiger partial charge in [0.15, 0.2) is 0 Å². The molecule has 3 heteroatoms. The first-order chi connectivity index (χ1) is 8.59. The summed E-state index contributed by atoms with van der Waals surface area (Å²) in [6.07, 6.45) is 2.48. The molecule has 0 aromatic carbocycles. The molecule has 1 N–H and O–H groups in total. The highest BCUT2D eigenvalue weighted by atomic mass is 16.5. The van der Waals surface area contributed by atoms with Crippen LogP contribution in [0.2, 0.25) is 0 Å². The van der Waals surface area contributed by atoms with Crippen LogP contribution in [-0.4, -0.2) is 49.3 Å². The van der Waals surface area contributed by atoms with Crippen LogP contribution < -0.4 is 5.32 Å². The molecule has 2 rings (SSSR count). The first kappa shape index (κ1) is 14.3. The molecule has 2 fully saturated rings.